The number of hydrogen-bond donors (Lipinski definition) is 1. The van der Waals surface area contributed by atoms with Crippen LogP contribution in [-0.2, 0) is 4.79 Å². The maximum atomic E-state index is 11.0. The Labute approximate surface area is 118 Å². The molecule has 2 aromatic rings. The Morgan fingerprint density at radius 3 is 2.78 bits per heavy atom. The number of para-hydroxylation sites is 1. The monoisotopic (exact) mass is 297 g/mol. The van der Waals surface area contributed by atoms with E-state index in [0.29, 0.717) is 3.95 Å². The zero-order chi connectivity index (χ0) is 13.1. The summed E-state index contributed by atoms with van der Waals surface area (Å²) in [7, 11) is 0. The van der Waals surface area contributed by atoms with Gasteiger partial charge < -0.3 is 5.73 Å². The van der Waals surface area contributed by atoms with E-state index in [1.54, 1.807) is 11.6 Å². The fourth-order valence-corrected chi connectivity index (χ4v) is 3.71. The van der Waals surface area contributed by atoms with Crippen LogP contribution in [0.15, 0.2) is 34.7 Å². The van der Waals surface area contributed by atoms with Crippen molar-refractivity contribution in [2.75, 3.05) is 0 Å². The van der Waals surface area contributed by atoms with E-state index < -0.39 is 0 Å². The van der Waals surface area contributed by atoms with Gasteiger partial charge in [0, 0.05) is 0 Å². The molecule has 0 unspecified atom stereocenters. The highest BCUT2D eigenvalue weighted by Crippen LogP contribution is 2.27. The molecular weight excluding hydrogens is 286 g/mol. The second-order valence-electron chi connectivity index (χ2n) is 3.54. The number of rotatable bonds is 4. The number of primary amides is 1. The van der Waals surface area contributed by atoms with E-state index in [-0.39, 0.29) is 11.2 Å². The Balaban J connectivity index is 2.28. The Morgan fingerprint density at radius 2 is 2.17 bits per heavy atom. The fraction of sp³-hybridized carbons (Fsp3) is 0.182. The van der Waals surface area contributed by atoms with Crippen LogP contribution in [0.4, 0.5) is 0 Å². The van der Waals surface area contributed by atoms with Crippen LogP contribution < -0.4 is 5.73 Å². The minimum atomic E-state index is -0.354. The fourth-order valence-electron chi connectivity index (χ4n) is 1.25. The summed E-state index contributed by atoms with van der Waals surface area (Å²) >= 11 is 7.97. The number of nitrogens with two attached hydrogens (primary N) is 1. The van der Waals surface area contributed by atoms with Crippen molar-refractivity contribution in [2.45, 2.75) is 16.5 Å². The topological polar surface area (TPSA) is 60.9 Å². The molecule has 0 saturated carbocycles. The Morgan fingerprint density at radius 1 is 1.50 bits per heavy atom. The zero-order valence-electron chi connectivity index (χ0n) is 9.57. The molecule has 18 heavy (non-hydrogen) atoms. The van der Waals surface area contributed by atoms with Crippen LogP contribution in [0.1, 0.15) is 6.92 Å². The van der Waals surface area contributed by atoms with Crippen LogP contribution in [-0.4, -0.2) is 20.9 Å². The normalized spacial score (nSPS) is 12.3. The zero-order valence-corrected chi connectivity index (χ0v) is 12.0. The first kappa shape index (κ1) is 13.3. The van der Waals surface area contributed by atoms with Crippen molar-refractivity contribution in [3.8, 4) is 5.69 Å². The first-order chi connectivity index (χ1) is 8.58. The summed E-state index contributed by atoms with van der Waals surface area (Å²) in [4.78, 5) is 11.0. The van der Waals surface area contributed by atoms with Gasteiger partial charge in [0.2, 0.25) is 5.91 Å². The van der Waals surface area contributed by atoms with Crippen molar-refractivity contribution >= 4 is 41.2 Å². The van der Waals surface area contributed by atoms with Crippen LogP contribution in [0.2, 0.25) is 0 Å². The predicted octanol–water partition coefficient (Wildman–Crippen LogP) is 2.63. The molecule has 0 aliphatic rings. The number of carbonyl (C=O) groups excluding carboxylic acids is 1. The predicted molar refractivity (Wildman–Crippen MR) is 76.8 cm³/mol. The van der Waals surface area contributed by atoms with Gasteiger partial charge in [0.1, 0.15) is 0 Å². The lowest BCUT2D eigenvalue weighted by atomic mass is 10.3. The Hall–Kier alpha value is -1.18. The minimum absolute atomic E-state index is 0.310. The minimum Gasteiger partial charge on any atom is -0.369 e. The van der Waals surface area contributed by atoms with E-state index in [0.717, 1.165) is 10.0 Å². The Kier molecular flexibility index (Phi) is 4.15. The molecule has 0 spiro atoms. The Bertz CT molecular complexity index is 605. The molecule has 1 amide bonds. The van der Waals surface area contributed by atoms with Gasteiger partial charge in [-0.05, 0) is 31.3 Å². The van der Waals surface area contributed by atoms with E-state index in [1.807, 2.05) is 30.3 Å². The third-order valence-electron chi connectivity index (χ3n) is 2.21. The smallest absolute Gasteiger partial charge is 0.230 e. The summed E-state index contributed by atoms with van der Waals surface area (Å²) in [5, 5.41) is 4.08. The highest BCUT2D eigenvalue weighted by molar-refractivity contribution is 8.02. The molecular formula is C11H11N3OS3. The summed E-state index contributed by atoms with van der Waals surface area (Å²) in [6, 6.07) is 9.65. The first-order valence-electron chi connectivity index (χ1n) is 5.19. The van der Waals surface area contributed by atoms with Crippen LogP contribution in [0.25, 0.3) is 5.69 Å². The lowest BCUT2D eigenvalue weighted by molar-refractivity contribution is -0.117. The molecule has 1 aromatic carbocycles. The average Bonchev–Trinajstić information content (AvgIpc) is 2.71. The molecule has 0 bridgehead atoms. The standard InChI is InChI=1S/C11H11N3OS3/c1-7(9(12)15)17-10-13-14(11(16)18-10)8-5-3-2-4-6-8/h2-7H,1H3,(H2,12,15)/t7-/m1/s1. The second kappa shape index (κ2) is 5.64. The largest absolute Gasteiger partial charge is 0.369 e. The van der Waals surface area contributed by atoms with Gasteiger partial charge in [0.15, 0.2) is 8.29 Å². The molecule has 94 valence electrons. The number of amides is 1. The van der Waals surface area contributed by atoms with Crippen LogP contribution in [0.3, 0.4) is 0 Å². The molecule has 0 radical (unpaired) electrons. The van der Waals surface area contributed by atoms with Crippen molar-refractivity contribution in [1.29, 1.82) is 0 Å². The summed E-state index contributed by atoms with van der Waals surface area (Å²) in [6.07, 6.45) is 0. The van der Waals surface area contributed by atoms with Crippen molar-refractivity contribution in [3.63, 3.8) is 0 Å². The molecule has 7 heteroatoms. The highest BCUT2D eigenvalue weighted by Gasteiger charge is 2.14. The number of benzene rings is 1. The van der Waals surface area contributed by atoms with Gasteiger partial charge in [-0.1, -0.05) is 41.3 Å². The third-order valence-corrected chi connectivity index (χ3v) is 4.64. The SMILES string of the molecule is C[C@@H](Sc1nn(-c2ccccc2)c(=S)s1)C(N)=O. The van der Waals surface area contributed by atoms with Crippen molar-refractivity contribution in [2.24, 2.45) is 5.73 Å². The lowest BCUT2D eigenvalue weighted by Gasteiger charge is -2.02. The number of carbonyl (C=O) groups is 1. The molecule has 1 aromatic heterocycles. The van der Waals surface area contributed by atoms with Crippen LogP contribution >= 0.6 is 35.3 Å². The molecule has 0 saturated heterocycles. The highest BCUT2D eigenvalue weighted by atomic mass is 32.2. The molecule has 0 aliphatic heterocycles. The number of nitrogens with zero attached hydrogens (tertiary/aromatic N) is 2. The molecule has 1 heterocycles. The van der Waals surface area contributed by atoms with Gasteiger partial charge >= 0.3 is 0 Å². The van der Waals surface area contributed by atoms with Crippen molar-refractivity contribution < 1.29 is 4.79 Å². The maximum Gasteiger partial charge on any atom is 0.230 e. The summed E-state index contributed by atoms with van der Waals surface area (Å²) in [5.74, 6) is -0.354. The van der Waals surface area contributed by atoms with Gasteiger partial charge in [0.25, 0.3) is 0 Å². The molecule has 0 aliphatic carbocycles. The summed E-state index contributed by atoms with van der Waals surface area (Å²) in [6.45, 7) is 1.75. The first-order valence-corrected chi connectivity index (χ1v) is 7.30. The second-order valence-corrected chi connectivity index (χ2v) is 6.75. The molecule has 4 nitrogen and oxygen atoms in total. The van der Waals surface area contributed by atoms with Gasteiger partial charge in [-0.3, -0.25) is 4.79 Å². The average molecular weight is 297 g/mol. The molecule has 0 fully saturated rings. The third kappa shape index (κ3) is 2.98. The van der Waals surface area contributed by atoms with Crippen LogP contribution in [0.5, 0.6) is 0 Å². The molecule has 2 N–H and O–H groups in total. The quantitative estimate of drug-likeness (QED) is 0.696. The number of aromatic nitrogens is 2. The van der Waals surface area contributed by atoms with E-state index >= 15 is 0 Å². The van der Waals surface area contributed by atoms with Gasteiger partial charge in [-0.2, -0.15) is 0 Å². The maximum absolute atomic E-state index is 11.0. The van der Waals surface area contributed by atoms with E-state index in [9.17, 15) is 4.79 Å². The summed E-state index contributed by atoms with van der Waals surface area (Å²) < 4.78 is 3.09. The van der Waals surface area contributed by atoms with Gasteiger partial charge in [-0.25, -0.2) is 4.68 Å². The number of thioether (sulfide) groups is 1. The molecule has 2 rings (SSSR count). The van der Waals surface area contributed by atoms with Crippen LogP contribution in [0, 0.1) is 3.95 Å². The van der Waals surface area contributed by atoms with Crippen molar-refractivity contribution in [3.05, 3.63) is 34.3 Å². The van der Waals surface area contributed by atoms with E-state index in [2.05, 4.69) is 5.10 Å². The van der Waals surface area contributed by atoms with E-state index in [4.69, 9.17) is 18.0 Å². The lowest BCUT2D eigenvalue weighted by Crippen LogP contribution is -2.22. The number of hydrogen-bond acceptors (Lipinski definition) is 5. The molecule has 1 atom stereocenters. The van der Waals surface area contributed by atoms with E-state index in [1.165, 1.54) is 23.1 Å². The van der Waals surface area contributed by atoms with Gasteiger partial charge in [-0.15, -0.1) is 5.10 Å². The van der Waals surface area contributed by atoms with Crippen molar-refractivity contribution in [1.82, 2.24) is 9.78 Å². The van der Waals surface area contributed by atoms with Gasteiger partial charge in [0.05, 0.1) is 10.9 Å². The summed E-state index contributed by atoms with van der Waals surface area (Å²) in [5.41, 5.74) is 6.14.